The number of fused-ring (bicyclic) bond motifs is 1. The molecule has 3 rings (SSSR count). The lowest BCUT2D eigenvalue weighted by Crippen LogP contribution is -2.52. The summed E-state index contributed by atoms with van der Waals surface area (Å²) in [5.74, 6) is -3.78. The Morgan fingerprint density at radius 3 is 2.50 bits per heavy atom. The Bertz CT molecular complexity index is 1280. The summed E-state index contributed by atoms with van der Waals surface area (Å²) >= 11 is 1.05. The third kappa shape index (κ3) is 6.29. The molecule has 1 aliphatic rings. The van der Waals surface area contributed by atoms with Gasteiger partial charge in [0.05, 0.1) is 16.8 Å². The third-order valence-electron chi connectivity index (χ3n) is 5.02. The van der Waals surface area contributed by atoms with Crippen LogP contribution in [0.15, 0.2) is 35.8 Å². The normalized spacial score (nSPS) is 14.9. The van der Waals surface area contributed by atoms with Gasteiger partial charge in [-0.1, -0.05) is 17.4 Å². The molecular formula is C21H25FN4O6S2. The Morgan fingerprint density at radius 1 is 1.18 bits per heavy atom. The first kappa shape index (κ1) is 25.6. The molecule has 3 amide bonds. The molecular weight excluding hydrogens is 487 g/mol. The van der Waals surface area contributed by atoms with Gasteiger partial charge in [-0.15, -0.1) is 6.58 Å². The van der Waals surface area contributed by atoms with Crippen molar-refractivity contribution < 1.29 is 31.9 Å². The monoisotopic (exact) mass is 512 g/mol. The van der Waals surface area contributed by atoms with Crippen LogP contribution in [0.4, 0.5) is 9.18 Å². The van der Waals surface area contributed by atoms with E-state index in [1.165, 1.54) is 21.9 Å². The van der Waals surface area contributed by atoms with Crippen LogP contribution < -0.4 is 4.80 Å². The van der Waals surface area contributed by atoms with Gasteiger partial charge in [0, 0.05) is 32.7 Å². The van der Waals surface area contributed by atoms with E-state index in [9.17, 15) is 27.2 Å². The number of amides is 3. The minimum Gasteiger partial charge on any atom is -0.450 e. The van der Waals surface area contributed by atoms with Crippen LogP contribution in [0, 0.1) is 5.82 Å². The maximum Gasteiger partial charge on any atom is 0.409 e. The van der Waals surface area contributed by atoms with Crippen LogP contribution in [0.5, 0.6) is 0 Å². The standard InChI is InChI=1S/C21H25FN4O6S2/c1-3-7-26-16-6-5-15(22)12-17(16)33-20(26)23-18(27)13-34(30,31)14-19(28)24-8-10-25(11-9-24)21(29)32-4-2/h3,5-6,12H,1,4,7-11,13-14H2,2H3. The molecule has 0 N–H and O–H groups in total. The lowest BCUT2D eigenvalue weighted by atomic mass is 10.3. The summed E-state index contributed by atoms with van der Waals surface area (Å²) in [6.45, 7) is 6.68. The molecule has 10 nitrogen and oxygen atoms in total. The fraction of sp³-hybridized carbons (Fsp3) is 0.429. The van der Waals surface area contributed by atoms with Crippen molar-refractivity contribution in [2.45, 2.75) is 13.5 Å². The minimum absolute atomic E-state index is 0.172. The molecule has 1 aromatic carbocycles. The van der Waals surface area contributed by atoms with Crippen molar-refractivity contribution >= 4 is 49.3 Å². The first-order valence-corrected chi connectivity index (χ1v) is 13.1. The van der Waals surface area contributed by atoms with Crippen LogP contribution >= 0.6 is 11.3 Å². The Labute approximate surface area is 199 Å². The molecule has 184 valence electrons. The minimum atomic E-state index is -4.07. The number of aromatic nitrogens is 1. The first-order chi connectivity index (χ1) is 16.1. The molecule has 2 aromatic rings. The van der Waals surface area contributed by atoms with Gasteiger partial charge in [0.1, 0.15) is 17.3 Å². The van der Waals surface area contributed by atoms with E-state index in [4.69, 9.17) is 4.74 Å². The zero-order valence-corrected chi connectivity index (χ0v) is 20.2. The smallest absolute Gasteiger partial charge is 0.409 e. The molecule has 1 fully saturated rings. The van der Waals surface area contributed by atoms with E-state index in [0.717, 1.165) is 11.3 Å². The van der Waals surface area contributed by atoms with Crippen molar-refractivity contribution in [2.24, 2.45) is 4.99 Å². The van der Waals surface area contributed by atoms with Gasteiger partial charge in [-0.3, -0.25) is 9.59 Å². The number of nitrogens with zero attached hydrogens (tertiary/aromatic N) is 4. The second-order valence-electron chi connectivity index (χ2n) is 7.50. The number of benzene rings is 1. The van der Waals surface area contributed by atoms with Gasteiger partial charge < -0.3 is 19.1 Å². The van der Waals surface area contributed by atoms with E-state index in [1.54, 1.807) is 23.6 Å². The van der Waals surface area contributed by atoms with Crippen LogP contribution in [0.25, 0.3) is 10.2 Å². The van der Waals surface area contributed by atoms with E-state index >= 15 is 0 Å². The molecule has 0 spiro atoms. The van der Waals surface area contributed by atoms with Crippen LogP contribution in [0.1, 0.15) is 6.92 Å². The zero-order chi connectivity index (χ0) is 24.9. The molecule has 0 bridgehead atoms. The predicted octanol–water partition coefficient (Wildman–Crippen LogP) is 1.17. The van der Waals surface area contributed by atoms with Gasteiger partial charge in [-0.25, -0.2) is 17.6 Å². The molecule has 0 atom stereocenters. The summed E-state index contributed by atoms with van der Waals surface area (Å²) in [7, 11) is -4.07. The molecule has 0 unspecified atom stereocenters. The molecule has 1 saturated heterocycles. The SMILES string of the molecule is C=CCn1c(=NC(=O)CS(=O)(=O)CC(=O)N2CCN(C(=O)OCC)CC2)sc2cc(F)ccc21. The van der Waals surface area contributed by atoms with Crippen LogP contribution in [0.3, 0.4) is 0 Å². The lowest BCUT2D eigenvalue weighted by molar-refractivity contribution is -0.130. The molecule has 0 saturated carbocycles. The Kier molecular flexibility index (Phi) is 8.20. The van der Waals surface area contributed by atoms with Crippen molar-refractivity contribution in [3.05, 3.63) is 41.5 Å². The van der Waals surface area contributed by atoms with E-state index < -0.39 is 45.1 Å². The third-order valence-corrected chi connectivity index (χ3v) is 7.44. The maximum absolute atomic E-state index is 13.6. The average Bonchev–Trinajstić information content (AvgIpc) is 3.09. The second-order valence-corrected chi connectivity index (χ2v) is 10.6. The number of ether oxygens (including phenoxy) is 1. The molecule has 2 heterocycles. The van der Waals surface area contributed by atoms with Crippen LogP contribution in [-0.2, 0) is 30.7 Å². The fourth-order valence-corrected chi connectivity index (χ4v) is 5.63. The van der Waals surface area contributed by atoms with Crippen molar-refractivity contribution in [1.29, 1.82) is 0 Å². The van der Waals surface area contributed by atoms with Gasteiger partial charge in [-0.2, -0.15) is 4.99 Å². The Morgan fingerprint density at radius 2 is 1.85 bits per heavy atom. The number of carbonyl (C=O) groups excluding carboxylic acids is 3. The predicted molar refractivity (Wildman–Crippen MR) is 124 cm³/mol. The summed E-state index contributed by atoms with van der Waals surface area (Å²) < 4.78 is 45.6. The number of allylic oxidation sites excluding steroid dienone is 1. The van der Waals surface area contributed by atoms with Gasteiger partial charge in [0.15, 0.2) is 14.6 Å². The zero-order valence-electron chi connectivity index (χ0n) is 18.6. The lowest BCUT2D eigenvalue weighted by Gasteiger charge is -2.34. The van der Waals surface area contributed by atoms with E-state index in [2.05, 4.69) is 11.6 Å². The number of rotatable bonds is 7. The fourth-order valence-electron chi connectivity index (χ4n) is 3.45. The molecule has 0 aliphatic carbocycles. The molecule has 1 aromatic heterocycles. The first-order valence-electron chi connectivity index (χ1n) is 10.5. The van der Waals surface area contributed by atoms with E-state index in [0.29, 0.717) is 16.8 Å². The van der Waals surface area contributed by atoms with Crippen molar-refractivity contribution in [1.82, 2.24) is 14.4 Å². The number of hydrogen-bond donors (Lipinski definition) is 0. The molecule has 0 radical (unpaired) electrons. The number of carbonyl (C=O) groups is 3. The van der Waals surface area contributed by atoms with Crippen molar-refractivity contribution in [3.8, 4) is 0 Å². The highest BCUT2D eigenvalue weighted by Gasteiger charge is 2.28. The van der Waals surface area contributed by atoms with Gasteiger partial charge in [0.2, 0.25) is 5.91 Å². The number of hydrogen-bond acceptors (Lipinski definition) is 7. The highest BCUT2D eigenvalue weighted by molar-refractivity contribution is 7.92. The number of sulfone groups is 1. The molecule has 34 heavy (non-hydrogen) atoms. The number of halogens is 1. The second kappa shape index (κ2) is 10.9. The topological polar surface area (TPSA) is 118 Å². The maximum atomic E-state index is 13.6. The number of piperazine rings is 1. The highest BCUT2D eigenvalue weighted by Crippen LogP contribution is 2.18. The van der Waals surface area contributed by atoms with E-state index in [-0.39, 0.29) is 37.6 Å². The summed E-state index contributed by atoms with van der Waals surface area (Å²) in [6.07, 6.45) is 1.10. The Hall–Kier alpha value is -3.06. The molecule has 1 aliphatic heterocycles. The summed E-state index contributed by atoms with van der Waals surface area (Å²) in [4.78, 5) is 43.5. The van der Waals surface area contributed by atoms with Crippen LogP contribution in [-0.4, -0.2) is 85.0 Å². The summed E-state index contributed by atoms with van der Waals surface area (Å²) in [5, 5.41) is 0. The highest BCUT2D eigenvalue weighted by atomic mass is 32.2. The largest absolute Gasteiger partial charge is 0.450 e. The van der Waals surface area contributed by atoms with Gasteiger partial charge in [-0.05, 0) is 25.1 Å². The average molecular weight is 513 g/mol. The van der Waals surface area contributed by atoms with E-state index in [1.807, 2.05) is 0 Å². The quantitative estimate of drug-likeness (QED) is 0.514. The van der Waals surface area contributed by atoms with Crippen LogP contribution in [0.2, 0.25) is 0 Å². The summed E-state index contributed by atoms with van der Waals surface area (Å²) in [6, 6.07) is 4.13. The van der Waals surface area contributed by atoms with Crippen molar-refractivity contribution in [3.63, 3.8) is 0 Å². The molecule has 13 heteroatoms. The van der Waals surface area contributed by atoms with Gasteiger partial charge in [0.25, 0.3) is 5.91 Å². The van der Waals surface area contributed by atoms with Crippen molar-refractivity contribution in [2.75, 3.05) is 44.3 Å². The Balaban J connectivity index is 1.66. The number of thiazole rings is 1. The van der Waals surface area contributed by atoms with Gasteiger partial charge >= 0.3 is 6.09 Å². The summed E-state index contributed by atoms with van der Waals surface area (Å²) in [5.41, 5.74) is 0.637.